The molecule has 33 heavy (non-hydrogen) atoms. The predicted octanol–water partition coefficient (Wildman–Crippen LogP) is 9.68. The average Bonchev–Trinajstić information content (AvgIpc) is 2.79. The van der Waals surface area contributed by atoms with E-state index in [-0.39, 0.29) is 12.1 Å². The van der Waals surface area contributed by atoms with Gasteiger partial charge in [-0.1, -0.05) is 142 Å². The summed E-state index contributed by atoms with van der Waals surface area (Å²) >= 11 is 0. The zero-order valence-corrected chi connectivity index (χ0v) is 22.7. The van der Waals surface area contributed by atoms with Crippen molar-refractivity contribution in [1.29, 1.82) is 0 Å². The lowest BCUT2D eigenvalue weighted by molar-refractivity contribution is -0.143. The summed E-state index contributed by atoms with van der Waals surface area (Å²) in [6, 6.07) is 0. The van der Waals surface area contributed by atoms with Gasteiger partial charge in [-0.15, -0.1) is 0 Å². The van der Waals surface area contributed by atoms with Crippen molar-refractivity contribution in [3.05, 3.63) is 0 Å². The molecule has 0 aliphatic heterocycles. The van der Waals surface area contributed by atoms with Crippen LogP contribution in [-0.2, 0) is 9.53 Å². The maximum atomic E-state index is 11.8. The Labute approximate surface area is 207 Å². The van der Waals surface area contributed by atoms with Crippen molar-refractivity contribution < 1.29 is 14.6 Å². The molecule has 0 aromatic rings. The fourth-order valence-electron chi connectivity index (χ4n) is 4.50. The van der Waals surface area contributed by atoms with E-state index in [1.54, 1.807) is 0 Å². The molecular formula is C30H60O3. The number of esters is 1. The lowest BCUT2D eigenvalue weighted by Gasteiger charge is -2.06. The molecule has 0 aromatic carbocycles. The van der Waals surface area contributed by atoms with Gasteiger partial charge in [0.1, 0.15) is 0 Å². The number of unbranched alkanes of at least 4 members (excludes halogenated alkanes) is 21. The van der Waals surface area contributed by atoms with Crippen molar-refractivity contribution in [2.45, 2.75) is 180 Å². The van der Waals surface area contributed by atoms with Crippen LogP contribution in [0.2, 0.25) is 0 Å². The van der Waals surface area contributed by atoms with Crippen LogP contribution in [0.15, 0.2) is 0 Å². The van der Waals surface area contributed by atoms with E-state index in [0.717, 1.165) is 19.3 Å². The number of carbonyl (C=O) groups excluding carboxylic acids is 1. The van der Waals surface area contributed by atoms with Crippen molar-refractivity contribution >= 4 is 5.97 Å². The summed E-state index contributed by atoms with van der Waals surface area (Å²) < 4.78 is 5.39. The first-order valence-corrected chi connectivity index (χ1v) is 15.0. The van der Waals surface area contributed by atoms with Crippen LogP contribution in [0.25, 0.3) is 0 Å². The minimum Gasteiger partial charge on any atom is -0.466 e. The fourth-order valence-corrected chi connectivity index (χ4v) is 4.50. The smallest absolute Gasteiger partial charge is 0.305 e. The van der Waals surface area contributed by atoms with Crippen LogP contribution in [0.1, 0.15) is 174 Å². The predicted molar refractivity (Wildman–Crippen MR) is 144 cm³/mol. The van der Waals surface area contributed by atoms with E-state index >= 15 is 0 Å². The number of hydrogen-bond donors (Lipinski definition) is 1. The summed E-state index contributed by atoms with van der Waals surface area (Å²) in [5, 5.41) is 9.24. The van der Waals surface area contributed by atoms with Crippen LogP contribution in [0.5, 0.6) is 0 Å². The highest BCUT2D eigenvalue weighted by atomic mass is 16.5. The molecule has 1 atom stereocenters. The second-order valence-electron chi connectivity index (χ2n) is 10.4. The van der Waals surface area contributed by atoms with Crippen LogP contribution >= 0.6 is 0 Å². The Kier molecular flexibility index (Phi) is 27.2. The van der Waals surface area contributed by atoms with E-state index in [4.69, 9.17) is 4.74 Å². The number of aliphatic hydroxyl groups excluding tert-OH is 1. The molecule has 1 N–H and O–H groups in total. The van der Waals surface area contributed by atoms with Gasteiger partial charge in [-0.2, -0.15) is 0 Å². The number of aliphatic hydroxyl groups is 1. The molecule has 1 unspecified atom stereocenters. The Bertz CT molecular complexity index is 381. The molecule has 3 heteroatoms. The third-order valence-corrected chi connectivity index (χ3v) is 6.76. The van der Waals surface area contributed by atoms with Gasteiger partial charge >= 0.3 is 5.97 Å². The molecule has 198 valence electrons. The molecular weight excluding hydrogens is 408 g/mol. The van der Waals surface area contributed by atoms with Crippen molar-refractivity contribution in [3.8, 4) is 0 Å². The SMILES string of the molecule is CCCCCCCCCCCCOC(=O)CCCCCCCCCCCCCCCC(C)O. The van der Waals surface area contributed by atoms with Gasteiger partial charge in [-0.05, 0) is 26.2 Å². The lowest BCUT2D eigenvalue weighted by Crippen LogP contribution is -2.05. The molecule has 0 saturated carbocycles. The Hall–Kier alpha value is -0.570. The van der Waals surface area contributed by atoms with Crippen LogP contribution in [0.4, 0.5) is 0 Å². The number of rotatable bonds is 27. The molecule has 0 radical (unpaired) electrons. The zero-order chi connectivity index (χ0) is 24.2. The summed E-state index contributed by atoms with van der Waals surface area (Å²) in [4.78, 5) is 11.8. The Morgan fingerprint density at radius 3 is 1.36 bits per heavy atom. The molecule has 0 bridgehead atoms. The third-order valence-electron chi connectivity index (χ3n) is 6.76. The van der Waals surface area contributed by atoms with Gasteiger partial charge in [-0.3, -0.25) is 4.79 Å². The van der Waals surface area contributed by atoms with E-state index in [1.807, 2.05) is 6.92 Å². The number of ether oxygens (including phenoxy) is 1. The van der Waals surface area contributed by atoms with Crippen molar-refractivity contribution in [1.82, 2.24) is 0 Å². The molecule has 0 aliphatic carbocycles. The standard InChI is InChI=1S/C30H60O3/c1-3-4-5-6-7-8-16-19-22-25-28-33-30(32)27-24-21-18-15-13-11-9-10-12-14-17-20-23-26-29(2)31/h29,31H,3-28H2,1-2H3. The van der Waals surface area contributed by atoms with E-state index in [2.05, 4.69) is 6.92 Å². The zero-order valence-electron chi connectivity index (χ0n) is 22.7. The molecule has 0 aromatic heterocycles. The first-order chi connectivity index (χ1) is 16.2. The van der Waals surface area contributed by atoms with Crippen LogP contribution in [0.3, 0.4) is 0 Å². The molecule has 3 nitrogen and oxygen atoms in total. The fraction of sp³-hybridized carbons (Fsp3) is 0.967. The van der Waals surface area contributed by atoms with Gasteiger partial charge in [0.15, 0.2) is 0 Å². The van der Waals surface area contributed by atoms with Gasteiger partial charge in [0.05, 0.1) is 12.7 Å². The highest BCUT2D eigenvalue weighted by Crippen LogP contribution is 2.14. The first kappa shape index (κ1) is 32.4. The molecule has 0 heterocycles. The highest BCUT2D eigenvalue weighted by molar-refractivity contribution is 5.69. The van der Waals surface area contributed by atoms with E-state index in [9.17, 15) is 9.90 Å². The molecule has 0 rings (SSSR count). The largest absolute Gasteiger partial charge is 0.466 e. The van der Waals surface area contributed by atoms with Crippen molar-refractivity contribution in [2.75, 3.05) is 6.61 Å². The second-order valence-corrected chi connectivity index (χ2v) is 10.4. The summed E-state index contributed by atoms with van der Waals surface area (Å²) in [5.74, 6) is 0.0109. The highest BCUT2D eigenvalue weighted by Gasteiger charge is 2.03. The Balaban J connectivity index is 3.14. The van der Waals surface area contributed by atoms with Crippen molar-refractivity contribution in [2.24, 2.45) is 0 Å². The molecule has 0 saturated heterocycles. The summed E-state index contributed by atoms with van der Waals surface area (Å²) in [7, 11) is 0. The van der Waals surface area contributed by atoms with Gasteiger partial charge in [0.2, 0.25) is 0 Å². The number of hydrogen-bond acceptors (Lipinski definition) is 3. The Morgan fingerprint density at radius 2 is 0.939 bits per heavy atom. The van der Waals surface area contributed by atoms with E-state index in [1.165, 1.54) is 135 Å². The summed E-state index contributed by atoms with van der Waals surface area (Å²) in [6.07, 6.45) is 31.3. The monoisotopic (exact) mass is 468 g/mol. The maximum Gasteiger partial charge on any atom is 0.305 e. The third kappa shape index (κ3) is 29.4. The van der Waals surface area contributed by atoms with Gasteiger partial charge in [0.25, 0.3) is 0 Å². The minimum absolute atomic E-state index is 0.0109. The quantitative estimate of drug-likeness (QED) is 0.0963. The average molecular weight is 469 g/mol. The van der Waals surface area contributed by atoms with Crippen LogP contribution in [-0.4, -0.2) is 23.8 Å². The minimum atomic E-state index is -0.127. The molecule has 0 amide bonds. The molecule has 0 aliphatic rings. The maximum absolute atomic E-state index is 11.8. The van der Waals surface area contributed by atoms with E-state index in [0.29, 0.717) is 13.0 Å². The lowest BCUT2D eigenvalue weighted by atomic mass is 10.0. The molecule has 0 spiro atoms. The Morgan fingerprint density at radius 1 is 0.576 bits per heavy atom. The van der Waals surface area contributed by atoms with Crippen LogP contribution in [0, 0.1) is 0 Å². The first-order valence-electron chi connectivity index (χ1n) is 15.0. The van der Waals surface area contributed by atoms with Gasteiger partial charge in [0, 0.05) is 6.42 Å². The van der Waals surface area contributed by atoms with Crippen molar-refractivity contribution in [3.63, 3.8) is 0 Å². The van der Waals surface area contributed by atoms with Gasteiger partial charge < -0.3 is 9.84 Å². The van der Waals surface area contributed by atoms with Crippen LogP contribution < -0.4 is 0 Å². The molecule has 0 fully saturated rings. The second kappa shape index (κ2) is 27.7. The normalized spacial score (nSPS) is 12.2. The summed E-state index contributed by atoms with van der Waals surface area (Å²) in [6.45, 7) is 4.77. The topological polar surface area (TPSA) is 46.5 Å². The number of carbonyl (C=O) groups is 1. The summed E-state index contributed by atoms with van der Waals surface area (Å²) in [5.41, 5.74) is 0. The van der Waals surface area contributed by atoms with Gasteiger partial charge in [-0.25, -0.2) is 0 Å². The van der Waals surface area contributed by atoms with E-state index < -0.39 is 0 Å².